The molecule has 0 radical (unpaired) electrons. The molecule has 136 valence electrons. The molecule has 0 saturated heterocycles. The molecule has 1 amide bonds. The molecule has 0 aliphatic heterocycles. The lowest BCUT2D eigenvalue weighted by Crippen LogP contribution is -2.24. The minimum absolute atomic E-state index is 0.231. The van der Waals surface area contributed by atoms with E-state index in [9.17, 15) is 4.79 Å². The maximum absolute atomic E-state index is 12.4. The number of hydrogen-bond acceptors (Lipinski definition) is 5. The minimum atomic E-state index is -0.285. The van der Waals surface area contributed by atoms with Crippen LogP contribution < -0.4 is 19.5 Å². The maximum Gasteiger partial charge on any atom is 0.273 e. The normalized spacial score (nSPS) is 10.7. The number of carbonyl (C=O) groups is 1. The molecule has 1 aromatic carbocycles. The summed E-state index contributed by atoms with van der Waals surface area (Å²) in [5.41, 5.74) is 1.97. The molecule has 2 aromatic rings. The van der Waals surface area contributed by atoms with Crippen molar-refractivity contribution >= 4 is 21.8 Å². The third kappa shape index (κ3) is 4.07. The molecule has 0 aliphatic carbocycles. The second-order valence-electron chi connectivity index (χ2n) is 5.66. The molecule has 8 heteroatoms. The van der Waals surface area contributed by atoms with Crippen molar-refractivity contribution in [2.45, 2.75) is 26.3 Å². The molecule has 2 N–H and O–H groups in total. The lowest BCUT2D eigenvalue weighted by molar-refractivity contribution is 0.0945. The molecule has 25 heavy (non-hydrogen) atoms. The zero-order valence-corrected chi connectivity index (χ0v) is 16.5. The average Bonchev–Trinajstić information content (AvgIpc) is 3.00. The van der Waals surface area contributed by atoms with Crippen molar-refractivity contribution in [2.24, 2.45) is 0 Å². The van der Waals surface area contributed by atoms with Crippen LogP contribution in [0.1, 0.15) is 41.5 Å². The van der Waals surface area contributed by atoms with Crippen LogP contribution in [0.5, 0.6) is 17.2 Å². The highest BCUT2D eigenvalue weighted by atomic mass is 79.9. The Morgan fingerprint density at radius 3 is 2.28 bits per heavy atom. The third-order valence-electron chi connectivity index (χ3n) is 3.75. The molecular weight excluding hydrogens is 390 g/mol. The van der Waals surface area contributed by atoms with Gasteiger partial charge in [0.1, 0.15) is 5.75 Å². The number of H-pyrrole nitrogens is 1. The Morgan fingerprint density at radius 1 is 1.16 bits per heavy atom. The summed E-state index contributed by atoms with van der Waals surface area (Å²) in [4.78, 5) is 12.4. The monoisotopic (exact) mass is 411 g/mol. The van der Waals surface area contributed by atoms with Crippen LogP contribution in [0.2, 0.25) is 0 Å². The standard InChI is InChI=1S/C17H22BrN3O4/c1-9(2)15-14(18)16(21-20-15)17(22)19-8-10-6-12(24-4)13(25-5)7-11(10)23-3/h6-7,9H,8H2,1-5H3,(H,19,22)(H,20,21). The zero-order valence-electron chi connectivity index (χ0n) is 14.9. The van der Waals surface area contributed by atoms with Gasteiger partial charge in [-0.3, -0.25) is 9.89 Å². The van der Waals surface area contributed by atoms with E-state index in [2.05, 4.69) is 31.4 Å². The molecule has 0 bridgehead atoms. The van der Waals surface area contributed by atoms with E-state index in [1.165, 1.54) is 0 Å². The smallest absolute Gasteiger partial charge is 0.273 e. The highest BCUT2D eigenvalue weighted by Gasteiger charge is 2.20. The maximum atomic E-state index is 12.4. The minimum Gasteiger partial charge on any atom is -0.496 e. The first-order chi connectivity index (χ1) is 11.9. The molecule has 0 fully saturated rings. The molecule has 0 saturated carbocycles. The number of methoxy groups -OCH3 is 3. The number of rotatable bonds is 7. The lowest BCUT2D eigenvalue weighted by atomic mass is 10.1. The van der Waals surface area contributed by atoms with Crippen LogP contribution in [-0.2, 0) is 6.54 Å². The summed E-state index contributed by atoms with van der Waals surface area (Å²) in [5, 5.41) is 9.83. The molecule has 7 nitrogen and oxygen atoms in total. The Bertz CT molecular complexity index is 759. The Labute approximate surface area is 155 Å². The Kier molecular flexibility index (Phi) is 6.30. The van der Waals surface area contributed by atoms with Gasteiger partial charge in [-0.15, -0.1) is 0 Å². The van der Waals surface area contributed by atoms with Crippen LogP contribution in [0.15, 0.2) is 16.6 Å². The summed E-state index contributed by atoms with van der Waals surface area (Å²) < 4.78 is 16.6. The number of aromatic amines is 1. The van der Waals surface area contributed by atoms with Crippen molar-refractivity contribution in [1.29, 1.82) is 0 Å². The summed E-state index contributed by atoms with van der Waals surface area (Å²) in [5.74, 6) is 1.67. The molecule has 0 spiro atoms. The van der Waals surface area contributed by atoms with Crippen LogP contribution in [-0.4, -0.2) is 37.4 Å². The first-order valence-corrected chi connectivity index (χ1v) is 8.53. The third-order valence-corrected chi connectivity index (χ3v) is 4.55. The van der Waals surface area contributed by atoms with Gasteiger partial charge in [0.2, 0.25) is 0 Å². The fraction of sp³-hybridized carbons (Fsp3) is 0.412. The first kappa shape index (κ1) is 19.1. The van der Waals surface area contributed by atoms with Crippen LogP contribution in [0.4, 0.5) is 0 Å². The van der Waals surface area contributed by atoms with E-state index in [1.54, 1.807) is 33.5 Å². The Hall–Kier alpha value is -2.22. The van der Waals surface area contributed by atoms with Gasteiger partial charge in [-0.2, -0.15) is 5.10 Å². The van der Waals surface area contributed by atoms with Gasteiger partial charge < -0.3 is 19.5 Å². The molecule has 0 aliphatic rings. The van der Waals surface area contributed by atoms with Gasteiger partial charge >= 0.3 is 0 Å². The zero-order chi connectivity index (χ0) is 18.6. The quantitative estimate of drug-likeness (QED) is 0.729. The molecular formula is C17H22BrN3O4. The number of benzene rings is 1. The molecule has 0 atom stereocenters. The van der Waals surface area contributed by atoms with Gasteiger partial charge in [-0.05, 0) is 27.9 Å². The fourth-order valence-corrected chi connectivity index (χ4v) is 3.18. The van der Waals surface area contributed by atoms with E-state index in [0.29, 0.717) is 27.4 Å². The van der Waals surface area contributed by atoms with Gasteiger partial charge in [0.05, 0.1) is 31.5 Å². The van der Waals surface area contributed by atoms with E-state index in [-0.39, 0.29) is 18.4 Å². The van der Waals surface area contributed by atoms with Crippen molar-refractivity contribution in [1.82, 2.24) is 15.5 Å². The van der Waals surface area contributed by atoms with Crippen molar-refractivity contribution < 1.29 is 19.0 Å². The summed E-state index contributed by atoms with van der Waals surface area (Å²) in [6.45, 7) is 4.31. The van der Waals surface area contributed by atoms with Crippen molar-refractivity contribution in [3.63, 3.8) is 0 Å². The van der Waals surface area contributed by atoms with Gasteiger partial charge in [-0.1, -0.05) is 13.8 Å². The molecule has 2 rings (SSSR count). The number of nitrogens with one attached hydrogen (secondary N) is 2. The van der Waals surface area contributed by atoms with Gasteiger partial charge in [0.25, 0.3) is 5.91 Å². The van der Waals surface area contributed by atoms with E-state index in [0.717, 1.165) is 11.3 Å². The van der Waals surface area contributed by atoms with E-state index < -0.39 is 0 Å². The first-order valence-electron chi connectivity index (χ1n) is 7.73. The van der Waals surface area contributed by atoms with Crippen LogP contribution in [0, 0.1) is 0 Å². The lowest BCUT2D eigenvalue weighted by Gasteiger charge is -2.14. The topological polar surface area (TPSA) is 85.5 Å². The summed E-state index contributed by atoms with van der Waals surface area (Å²) in [6, 6.07) is 3.50. The molecule has 1 aromatic heterocycles. The van der Waals surface area contributed by atoms with Crippen molar-refractivity contribution in [2.75, 3.05) is 21.3 Å². The van der Waals surface area contributed by atoms with Gasteiger partial charge in [-0.25, -0.2) is 0 Å². The number of hydrogen-bond donors (Lipinski definition) is 2. The number of halogens is 1. The summed E-state index contributed by atoms with van der Waals surface area (Å²) in [7, 11) is 4.67. The highest BCUT2D eigenvalue weighted by molar-refractivity contribution is 9.10. The summed E-state index contributed by atoms with van der Waals surface area (Å²) >= 11 is 3.43. The van der Waals surface area contributed by atoms with Gasteiger partial charge in [0.15, 0.2) is 17.2 Å². The van der Waals surface area contributed by atoms with Crippen LogP contribution in [0.25, 0.3) is 0 Å². The van der Waals surface area contributed by atoms with Gasteiger partial charge in [0, 0.05) is 18.2 Å². The van der Waals surface area contributed by atoms with E-state index >= 15 is 0 Å². The number of ether oxygens (including phenoxy) is 3. The van der Waals surface area contributed by atoms with E-state index in [1.807, 2.05) is 13.8 Å². The Balaban J connectivity index is 2.19. The largest absolute Gasteiger partial charge is 0.496 e. The SMILES string of the molecule is COc1cc(OC)c(OC)cc1CNC(=O)c1n[nH]c(C(C)C)c1Br. The number of carbonyl (C=O) groups excluding carboxylic acids is 1. The number of nitrogens with zero attached hydrogens (tertiary/aromatic N) is 1. The second-order valence-corrected chi connectivity index (χ2v) is 6.45. The fourth-order valence-electron chi connectivity index (χ4n) is 2.36. The molecule has 1 heterocycles. The highest BCUT2D eigenvalue weighted by Crippen LogP contribution is 2.34. The summed E-state index contributed by atoms with van der Waals surface area (Å²) in [6.07, 6.45) is 0. The van der Waals surface area contributed by atoms with Crippen LogP contribution >= 0.6 is 15.9 Å². The molecule has 0 unspecified atom stereocenters. The Morgan fingerprint density at radius 2 is 1.76 bits per heavy atom. The predicted molar refractivity (Wildman–Crippen MR) is 97.6 cm³/mol. The van der Waals surface area contributed by atoms with Crippen LogP contribution in [0.3, 0.4) is 0 Å². The predicted octanol–water partition coefficient (Wildman–Crippen LogP) is 3.25. The number of aromatic nitrogens is 2. The average molecular weight is 412 g/mol. The second kappa shape index (κ2) is 8.24. The van der Waals surface area contributed by atoms with Crippen molar-refractivity contribution in [3.05, 3.63) is 33.6 Å². The van der Waals surface area contributed by atoms with E-state index in [4.69, 9.17) is 14.2 Å². The van der Waals surface area contributed by atoms with Crippen molar-refractivity contribution in [3.8, 4) is 17.2 Å². The number of amides is 1.